The van der Waals surface area contributed by atoms with Gasteiger partial charge >= 0.3 is 0 Å². The highest BCUT2D eigenvalue weighted by atomic mass is 79.9. The van der Waals surface area contributed by atoms with Gasteiger partial charge in [0.2, 0.25) is 0 Å². The molecule has 2 aromatic carbocycles. The molecule has 0 saturated heterocycles. The second-order valence-corrected chi connectivity index (χ2v) is 6.88. The number of anilines is 1. The van der Waals surface area contributed by atoms with Crippen molar-refractivity contribution in [2.75, 3.05) is 5.32 Å². The number of carbonyl (C=O) groups excluding carboxylic acids is 1. The van der Waals surface area contributed by atoms with Crippen LogP contribution < -0.4 is 5.32 Å². The summed E-state index contributed by atoms with van der Waals surface area (Å²) < 4.78 is 2.12. The lowest BCUT2D eigenvalue weighted by atomic mass is 10.1. The molecule has 0 atom stereocenters. The minimum atomic E-state index is -0.366. The molecule has 6 heteroatoms. The van der Waals surface area contributed by atoms with E-state index in [4.69, 9.17) is 0 Å². The summed E-state index contributed by atoms with van der Waals surface area (Å²) in [5, 5.41) is 12.7. The molecular formula is C14H10Br3NO2. The van der Waals surface area contributed by atoms with Gasteiger partial charge in [-0.1, -0.05) is 31.9 Å². The molecule has 0 spiro atoms. The van der Waals surface area contributed by atoms with E-state index in [-0.39, 0.29) is 17.2 Å². The van der Waals surface area contributed by atoms with Crippen molar-refractivity contribution in [3.8, 4) is 5.75 Å². The first kappa shape index (κ1) is 15.5. The van der Waals surface area contributed by atoms with Crippen LogP contribution in [0.1, 0.15) is 15.9 Å². The number of nitrogens with one attached hydrogen (secondary N) is 1. The summed E-state index contributed by atoms with van der Waals surface area (Å²) in [4.78, 5) is 12.3. The number of phenolic OH excluding ortho intramolecular Hbond substituents is 1. The first-order valence-electron chi connectivity index (χ1n) is 5.64. The quantitative estimate of drug-likeness (QED) is 0.639. The SMILES string of the molecule is Cc1cc(Br)ccc1NC(=O)c1cc(Br)cc(Br)c1O. The normalized spacial score (nSPS) is 10.4. The van der Waals surface area contributed by atoms with Crippen molar-refractivity contribution >= 4 is 59.4 Å². The van der Waals surface area contributed by atoms with Crippen LogP contribution in [0.15, 0.2) is 43.7 Å². The Kier molecular flexibility index (Phi) is 4.88. The molecule has 104 valence electrons. The number of aryl methyl sites for hydroxylation is 1. The van der Waals surface area contributed by atoms with E-state index in [0.717, 1.165) is 10.0 Å². The number of aromatic hydroxyl groups is 1. The maximum absolute atomic E-state index is 12.3. The number of amides is 1. The second-order valence-electron chi connectivity index (χ2n) is 4.20. The van der Waals surface area contributed by atoms with Gasteiger partial charge in [-0.25, -0.2) is 0 Å². The van der Waals surface area contributed by atoms with E-state index in [2.05, 4.69) is 53.1 Å². The largest absolute Gasteiger partial charge is 0.506 e. The van der Waals surface area contributed by atoms with E-state index in [9.17, 15) is 9.90 Å². The molecule has 0 aliphatic carbocycles. The Hall–Kier alpha value is -0.850. The first-order chi connectivity index (χ1) is 9.38. The van der Waals surface area contributed by atoms with Crippen molar-refractivity contribution in [3.63, 3.8) is 0 Å². The van der Waals surface area contributed by atoms with Crippen LogP contribution in [0.25, 0.3) is 0 Å². The Labute approximate surface area is 141 Å². The predicted octanol–water partition coefficient (Wildman–Crippen LogP) is 5.24. The Morgan fingerprint density at radius 1 is 1.10 bits per heavy atom. The molecule has 0 saturated carbocycles. The maximum atomic E-state index is 12.3. The van der Waals surface area contributed by atoms with Gasteiger partial charge in [-0.2, -0.15) is 0 Å². The average molecular weight is 464 g/mol. The van der Waals surface area contributed by atoms with Crippen LogP contribution in [0, 0.1) is 6.92 Å². The molecule has 0 radical (unpaired) electrons. The average Bonchev–Trinajstić information content (AvgIpc) is 2.37. The van der Waals surface area contributed by atoms with Gasteiger partial charge in [0.25, 0.3) is 5.91 Å². The van der Waals surface area contributed by atoms with Gasteiger partial charge in [-0.15, -0.1) is 0 Å². The fraction of sp³-hybridized carbons (Fsp3) is 0.0714. The van der Waals surface area contributed by atoms with Crippen LogP contribution in [0.4, 0.5) is 5.69 Å². The van der Waals surface area contributed by atoms with Gasteiger partial charge in [-0.05, 0) is 58.7 Å². The molecule has 2 rings (SSSR count). The zero-order valence-electron chi connectivity index (χ0n) is 10.4. The van der Waals surface area contributed by atoms with E-state index in [0.29, 0.717) is 14.6 Å². The van der Waals surface area contributed by atoms with Crippen molar-refractivity contribution in [1.29, 1.82) is 0 Å². The molecule has 0 unspecified atom stereocenters. The second kappa shape index (κ2) is 6.28. The number of hydrogen-bond donors (Lipinski definition) is 2. The van der Waals surface area contributed by atoms with Crippen molar-refractivity contribution in [2.45, 2.75) is 6.92 Å². The van der Waals surface area contributed by atoms with Gasteiger partial charge in [0.15, 0.2) is 0 Å². The van der Waals surface area contributed by atoms with E-state index in [1.54, 1.807) is 18.2 Å². The van der Waals surface area contributed by atoms with Crippen LogP contribution in [0.3, 0.4) is 0 Å². The Balaban J connectivity index is 2.33. The molecule has 0 aliphatic heterocycles. The number of hydrogen-bond acceptors (Lipinski definition) is 2. The van der Waals surface area contributed by atoms with Gasteiger partial charge < -0.3 is 10.4 Å². The minimum Gasteiger partial charge on any atom is -0.506 e. The lowest BCUT2D eigenvalue weighted by molar-refractivity contribution is 0.102. The molecule has 1 amide bonds. The minimum absolute atomic E-state index is 0.0829. The highest BCUT2D eigenvalue weighted by Crippen LogP contribution is 2.32. The zero-order valence-corrected chi connectivity index (χ0v) is 15.1. The van der Waals surface area contributed by atoms with E-state index >= 15 is 0 Å². The van der Waals surface area contributed by atoms with E-state index < -0.39 is 0 Å². The van der Waals surface area contributed by atoms with Crippen molar-refractivity contribution < 1.29 is 9.90 Å². The number of phenols is 1. The third-order valence-corrected chi connectivity index (χ3v) is 4.27. The number of benzene rings is 2. The highest BCUT2D eigenvalue weighted by molar-refractivity contribution is 9.11. The van der Waals surface area contributed by atoms with Gasteiger partial charge in [0, 0.05) is 14.6 Å². The number of rotatable bonds is 2. The summed E-state index contributed by atoms with van der Waals surface area (Å²) in [6, 6.07) is 8.81. The standard InChI is InChI=1S/C14H10Br3NO2/c1-7-4-8(15)2-3-12(7)18-14(20)10-5-9(16)6-11(17)13(10)19/h2-6,19H,1H3,(H,18,20). The van der Waals surface area contributed by atoms with Crippen molar-refractivity contribution in [1.82, 2.24) is 0 Å². The summed E-state index contributed by atoms with van der Waals surface area (Å²) in [6.07, 6.45) is 0. The molecule has 0 fully saturated rings. The lowest BCUT2D eigenvalue weighted by Gasteiger charge is -2.11. The molecular weight excluding hydrogens is 454 g/mol. The topological polar surface area (TPSA) is 49.3 Å². The summed E-state index contributed by atoms with van der Waals surface area (Å²) in [5.41, 5.74) is 1.84. The van der Waals surface area contributed by atoms with Crippen molar-refractivity contribution in [3.05, 3.63) is 54.9 Å². The zero-order chi connectivity index (χ0) is 14.9. The van der Waals surface area contributed by atoms with Gasteiger partial charge in [0.1, 0.15) is 5.75 Å². The molecule has 0 bridgehead atoms. The predicted molar refractivity (Wildman–Crippen MR) is 90.3 cm³/mol. The Morgan fingerprint density at radius 2 is 1.80 bits per heavy atom. The molecule has 0 aliphatic rings. The lowest BCUT2D eigenvalue weighted by Crippen LogP contribution is -2.13. The summed E-state index contributed by atoms with van der Waals surface area (Å²) >= 11 is 9.88. The number of carbonyl (C=O) groups is 1. The van der Waals surface area contributed by atoms with Crippen LogP contribution >= 0.6 is 47.8 Å². The Bertz CT molecular complexity index is 686. The van der Waals surface area contributed by atoms with Crippen LogP contribution in [-0.4, -0.2) is 11.0 Å². The monoisotopic (exact) mass is 461 g/mol. The fourth-order valence-corrected chi connectivity index (χ4v) is 3.40. The molecule has 0 heterocycles. The Morgan fingerprint density at radius 3 is 2.45 bits per heavy atom. The fourth-order valence-electron chi connectivity index (χ4n) is 1.70. The third-order valence-electron chi connectivity index (χ3n) is 2.71. The summed E-state index contributed by atoms with van der Waals surface area (Å²) in [6.45, 7) is 1.90. The molecule has 2 aromatic rings. The van der Waals surface area contributed by atoms with E-state index in [1.165, 1.54) is 0 Å². The summed E-state index contributed by atoms with van der Waals surface area (Å²) in [5.74, 6) is -0.449. The van der Waals surface area contributed by atoms with Crippen LogP contribution in [0.2, 0.25) is 0 Å². The number of halogens is 3. The smallest absolute Gasteiger partial charge is 0.259 e. The molecule has 20 heavy (non-hydrogen) atoms. The third kappa shape index (κ3) is 3.42. The van der Waals surface area contributed by atoms with Gasteiger partial charge in [0.05, 0.1) is 10.0 Å². The maximum Gasteiger partial charge on any atom is 0.259 e. The molecule has 2 N–H and O–H groups in total. The first-order valence-corrected chi connectivity index (χ1v) is 8.02. The summed E-state index contributed by atoms with van der Waals surface area (Å²) in [7, 11) is 0. The molecule has 0 aromatic heterocycles. The van der Waals surface area contributed by atoms with Crippen LogP contribution in [0.5, 0.6) is 5.75 Å². The highest BCUT2D eigenvalue weighted by Gasteiger charge is 2.15. The van der Waals surface area contributed by atoms with E-state index in [1.807, 2.05) is 19.1 Å². The molecule has 3 nitrogen and oxygen atoms in total. The van der Waals surface area contributed by atoms with Crippen LogP contribution in [-0.2, 0) is 0 Å². The van der Waals surface area contributed by atoms with Crippen molar-refractivity contribution in [2.24, 2.45) is 0 Å². The van der Waals surface area contributed by atoms with Gasteiger partial charge in [-0.3, -0.25) is 4.79 Å².